The molecule has 2 N–H and O–H groups in total. The van der Waals surface area contributed by atoms with Crippen LogP contribution < -0.4 is 5.32 Å². The van der Waals surface area contributed by atoms with Gasteiger partial charge in [0.1, 0.15) is 5.69 Å². The molecule has 0 saturated carbocycles. The maximum Gasteiger partial charge on any atom is 0.271 e. The number of amides is 1. The third kappa shape index (κ3) is 4.34. The summed E-state index contributed by atoms with van der Waals surface area (Å²) in [6.45, 7) is 10.6. The first-order valence-corrected chi connectivity index (χ1v) is 7.57. The summed E-state index contributed by atoms with van der Waals surface area (Å²) >= 11 is 0. The van der Waals surface area contributed by atoms with E-state index in [2.05, 4.69) is 34.3 Å². The van der Waals surface area contributed by atoms with Crippen molar-refractivity contribution in [1.29, 1.82) is 0 Å². The van der Waals surface area contributed by atoms with Gasteiger partial charge in [-0.25, -0.2) is 0 Å². The molecule has 1 fully saturated rings. The van der Waals surface area contributed by atoms with E-state index in [0.29, 0.717) is 17.5 Å². The number of carbonyl (C=O) groups is 1. The lowest BCUT2D eigenvalue weighted by Crippen LogP contribution is -2.42. The van der Waals surface area contributed by atoms with E-state index in [9.17, 15) is 4.79 Å². The Morgan fingerprint density at radius 1 is 1.60 bits per heavy atom. The van der Waals surface area contributed by atoms with Gasteiger partial charge in [-0.05, 0) is 44.2 Å². The lowest BCUT2D eigenvalue weighted by molar-refractivity contribution is 0.0924. The van der Waals surface area contributed by atoms with Gasteiger partial charge in [-0.15, -0.1) is 0 Å². The van der Waals surface area contributed by atoms with Crippen LogP contribution >= 0.6 is 0 Å². The summed E-state index contributed by atoms with van der Waals surface area (Å²) in [5.41, 5.74) is 1.40. The summed E-state index contributed by atoms with van der Waals surface area (Å²) in [6.07, 6.45) is 2.43. The fraction of sp³-hybridized carbons (Fsp3) is 0.733. The van der Waals surface area contributed by atoms with Gasteiger partial charge in [-0.2, -0.15) is 5.10 Å². The molecule has 0 spiro atoms. The molecule has 1 saturated heterocycles. The Labute approximate surface area is 121 Å². The zero-order chi connectivity index (χ0) is 14.5. The molecule has 1 aliphatic heterocycles. The molecule has 1 aromatic rings. The minimum atomic E-state index is -0.0738. The van der Waals surface area contributed by atoms with E-state index in [-0.39, 0.29) is 5.91 Å². The fourth-order valence-corrected chi connectivity index (χ4v) is 2.86. The van der Waals surface area contributed by atoms with Crippen LogP contribution in [-0.2, 0) is 0 Å². The van der Waals surface area contributed by atoms with Crippen molar-refractivity contribution >= 4 is 5.91 Å². The number of nitrogens with one attached hydrogen (secondary N) is 2. The highest BCUT2D eigenvalue weighted by Gasteiger charge is 2.21. The number of carbonyl (C=O) groups excluding carboxylic acids is 1. The molecular formula is C15H26N4O. The van der Waals surface area contributed by atoms with Crippen LogP contribution in [0.5, 0.6) is 0 Å². The Morgan fingerprint density at radius 2 is 2.40 bits per heavy atom. The molecule has 5 heteroatoms. The fourth-order valence-electron chi connectivity index (χ4n) is 2.86. The zero-order valence-corrected chi connectivity index (χ0v) is 12.8. The summed E-state index contributed by atoms with van der Waals surface area (Å²) in [4.78, 5) is 14.5. The van der Waals surface area contributed by atoms with E-state index in [4.69, 9.17) is 0 Å². The third-order valence-corrected chi connectivity index (χ3v) is 3.72. The summed E-state index contributed by atoms with van der Waals surface area (Å²) in [5, 5.41) is 9.79. The van der Waals surface area contributed by atoms with Crippen molar-refractivity contribution in [1.82, 2.24) is 20.4 Å². The molecule has 0 aliphatic carbocycles. The maximum absolute atomic E-state index is 12.0. The average molecular weight is 278 g/mol. The minimum absolute atomic E-state index is 0.0738. The Kier molecular flexibility index (Phi) is 5.17. The van der Waals surface area contributed by atoms with E-state index >= 15 is 0 Å². The predicted molar refractivity (Wildman–Crippen MR) is 79.7 cm³/mol. The number of aryl methyl sites for hydroxylation is 1. The molecule has 20 heavy (non-hydrogen) atoms. The largest absolute Gasteiger partial charge is 0.350 e. The van der Waals surface area contributed by atoms with Gasteiger partial charge in [0.2, 0.25) is 0 Å². The van der Waals surface area contributed by atoms with Crippen LogP contribution in [0.25, 0.3) is 0 Å². The second-order valence-corrected chi connectivity index (χ2v) is 6.31. The van der Waals surface area contributed by atoms with E-state index in [1.54, 1.807) is 6.07 Å². The van der Waals surface area contributed by atoms with Gasteiger partial charge in [0.25, 0.3) is 5.91 Å². The maximum atomic E-state index is 12.0. The van der Waals surface area contributed by atoms with E-state index in [1.165, 1.54) is 19.4 Å². The molecule has 0 aromatic carbocycles. The van der Waals surface area contributed by atoms with Crippen LogP contribution in [0.4, 0.5) is 0 Å². The molecule has 1 atom stereocenters. The third-order valence-electron chi connectivity index (χ3n) is 3.72. The van der Waals surface area contributed by atoms with Crippen molar-refractivity contribution in [2.45, 2.75) is 33.6 Å². The summed E-state index contributed by atoms with van der Waals surface area (Å²) in [5.74, 6) is 1.19. The van der Waals surface area contributed by atoms with Gasteiger partial charge in [-0.1, -0.05) is 13.8 Å². The SMILES string of the molecule is Cc1cc(C(=O)NC[C@H]2CCCN(CC(C)C)C2)n[nH]1. The van der Waals surface area contributed by atoms with Gasteiger partial charge < -0.3 is 10.2 Å². The standard InChI is InChI=1S/C15H26N4O/c1-11(2)9-19-6-4-5-13(10-19)8-16-15(20)14-7-12(3)17-18-14/h7,11,13H,4-6,8-10H2,1-3H3,(H,16,20)(H,17,18)/t13-/m1/s1. The van der Waals surface area contributed by atoms with Crippen molar-refractivity contribution < 1.29 is 4.79 Å². The van der Waals surface area contributed by atoms with Crippen LogP contribution in [0.1, 0.15) is 42.9 Å². The molecule has 1 amide bonds. The van der Waals surface area contributed by atoms with Gasteiger partial charge in [0.15, 0.2) is 0 Å². The lowest BCUT2D eigenvalue weighted by Gasteiger charge is -2.33. The van der Waals surface area contributed by atoms with Gasteiger partial charge >= 0.3 is 0 Å². The molecule has 2 heterocycles. The number of piperidine rings is 1. The van der Waals surface area contributed by atoms with Crippen LogP contribution in [0.3, 0.4) is 0 Å². The number of hydrogen-bond donors (Lipinski definition) is 2. The van der Waals surface area contributed by atoms with E-state index < -0.39 is 0 Å². The van der Waals surface area contributed by atoms with Crippen LogP contribution in [0, 0.1) is 18.8 Å². The number of rotatable bonds is 5. The number of nitrogens with zero attached hydrogens (tertiary/aromatic N) is 2. The Morgan fingerprint density at radius 3 is 3.05 bits per heavy atom. The second-order valence-electron chi connectivity index (χ2n) is 6.31. The van der Waals surface area contributed by atoms with Crippen molar-refractivity contribution in [3.8, 4) is 0 Å². The Balaban J connectivity index is 1.77. The smallest absolute Gasteiger partial charge is 0.271 e. The molecule has 112 valence electrons. The number of H-pyrrole nitrogens is 1. The Bertz CT molecular complexity index is 441. The molecule has 1 aliphatic rings. The zero-order valence-electron chi connectivity index (χ0n) is 12.8. The van der Waals surface area contributed by atoms with Crippen molar-refractivity contribution in [2.24, 2.45) is 11.8 Å². The quantitative estimate of drug-likeness (QED) is 0.863. The summed E-state index contributed by atoms with van der Waals surface area (Å²) in [6, 6.07) is 1.78. The predicted octanol–water partition coefficient (Wildman–Crippen LogP) is 1.82. The molecule has 1 aromatic heterocycles. The molecule has 0 bridgehead atoms. The topological polar surface area (TPSA) is 61.0 Å². The molecule has 0 unspecified atom stereocenters. The minimum Gasteiger partial charge on any atom is -0.350 e. The van der Waals surface area contributed by atoms with Crippen molar-refractivity contribution in [3.63, 3.8) is 0 Å². The first-order valence-electron chi connectivity index (χ1n) is 7.57. The second kappa shape index (κ2) is 6.88. The van der Waals surface area contributed by atoms with Crippen LogP contribution in [0.15, 0.2) is 6.07 Å². The van der Waals surface area contributed by atoms with Gasteiger partial charge in [0.05, 0.1) is 0 Å². The molecule has 0 radical (unpaired) electrons. The number of aromatic amines is 1. The first kappa shape index (κ1) is 15.0. The molecular weight excluding hydrogens is 252 g/mol. The highest BCUT2D eigenvalue weighted by Crippen LogP contribution is 2.17. The van der Waals surface area contributed by atoms with E-state index in [1.807, 2.05) is 6.92 Å². The normalized spacial score (nSPS) is 20.3. The molecule has 5 nitrogen and oxygen atoms in total. The number of likely N-dealkylation sites (tertiary alicyclic amines) is 1. The van der Waals surface area contributed by atoms with Crippen LogP contribution in [0.2, 0.25) is 0 Å². The lowest BCUT2D eigenvalue weighted by atomic mass is 9.97. The van der Waals surface area contributed by atoms with E-state index in [0.717, 1.165) is 25.3 Å². The summed E-state index contributed by atoms with van der Waals surface area (Å²) < 4.78 is 0. The summed E-state index contributed by atoms with van der Waals surface area (Å²) in [7, 11) is 0. The van der Waals surface area contributed by atoms with Crippen molar-refractivity contribution in [2.75, 3.05) is 26.2 Å². The number of hydrogen-bond acceptors (Lipinski definition) is 3. The first-order chi connectivity index (χ1) is 9.54. The molecule has 2 rings (SSSR count). The average Bonchev–Trinajstić information content (AvgIpc) is 2.82. The monoisotopic (exact) mass is 278 g/mol. The van der Waals surface area contributed by atoms with Crippen molar-refractivity contribution in [3.05, 3.63) is 17.5 Å². The highest BCUT2D eigenvalue weighted by atomic mass is 16.1. The number of aromatic nitrogens is 2. The Hall–Kier alpha value is -1.36. The van der Waals surface area contributed by atoms with Crippen LogP contribution in [-0.4, -0.2) is 47.2 Å². The highest BCUT2D eigenvalue weighted by molar-refractivity contribution is 5.92. The van der Waals surface area contributed by atoms with Gasteiger partial charge in [0, 0.05) is 25.3 Å². The van der Waals surface area contributed by atoms with Gasteiger partial charge in [-0.3, -0.25) is 9.89 Å².